The van der Waals surface area contributed by atoms with E-state index in [1.165, 1.54) is 31.4 Å². The largest absolute Gasteiger partial charge is 0.495 e. The molecule has 0 atom stereocenters. The van der Waals surface area contributed by atoms with Crippen molar-refractivity contribution in [3.8, 4) is 5.75 Å². The van der Waals surface area contributed by atoms with Gasteiger partial charge in [-0.05, 0) is 37.1 Å². The van der Waals surface area contributed by atoms with Crippen molar-refractivity contribution in [2.45, 2.75) is 12.8 Å². The zero-order valence-electron chi connectivity index (χ0n) is 15.7. The Hall–Kier alpha value is -3.13. The van der Waals surface area contributed by atoms with Gasteiger partial charge in [0.1, 0.15) is 5.75 Å². The quantitative estimate of drug-likeness (QED) is 0.291. The van der Waals surface area contributed by atoms with Gasteiger partial charge in [-0.3, -0.25) is 14.9 Å². The zero-order chi connectivity index (χ0) is 21.0. The lowest BCUT2D eigenvalue weighted by Gasteiger charge is -2.20. The molecule has 8 nitrogen and oxygen atoms in total. The van der Waals surface area contributed by atoms with Gasteiger partial charge < -0.3 is 14.4 Å². The second kappa shape index (κ2) is 8.91. The van der Waals surface area contributed by atoms with E-state index in [4.69, 9.17) is 21.1 Å². The number of hydrogen-bond donors (Lipinski definition) is 0. The fourth-order valence-electron chi connectivity index (χ4n) is 3.17. The summed E-state index contributed by atoms with van der Waals surface area (Å²) >= 11 is 6.02. The standard InChI is InChI=1S/C20H19ClN2O6/c1-28-19-7-4-13(10-16(19)21)18(24)12-29-20(25)15-11-14(23(26)27)5-6-17(15)22-8-2-3-9-22/h4-7,10-11H,2-3,8-9,12H2,1H3. The minimum Gasteiger partial charge on any atom is -0.495 e. The van der Waals surface area contributed by atoms with Crippen molar-refractivity contribution in [1.29, 1.82) is 0 Å². The van der Waals surface area contributed by atoms with Crippen LogP contribution in [0.5, 0.6) is 5.75 Å². The van der Waals surface area contributed by atoms with E-state index in [0.717, 1.165) is 25.9 Å². The van der Waals surface area contributed by atoms with Crippen LogP contribution in [0.4, 0.5) is 11.4 Å². The maximum atomic E-state index is 12.6. The van der Waals surface area contributed by atoms with Gasteiger partial charge in [-0.25, -0.2) is 4.79 Å². The van der Waals surface area contributed by atoms with Crippen molar-refractivity contribution in [2.24, 2.45) is 0 Å². The number of non-ortho nitro benzene ring substituents is 1. The number of esters is 1. The number of ether oxygens (including phenoxy) is 2. The van der Waals surface area contributed by atoms with Crippen LogP contribution in [0.2, 0.25) is 5.02 Å². The summed E-state index contributed by atoms with van der Waals surface area (Å²) in [7, 11) is 1.46. The molecule has 0 aliphatic carbocycles. The van der Waals surface area contributed by atoms with E-state index in [-0.39, 0.29) is 21.8 Å². The number of ketones is 1. The average Bonchev–Trinajstić information content (AvgIpc) is 3.25. The molecule has 0 aromatic heterocycles. The minimum atomic E-state index is -0.788. The van der Waals surface area contributed by atoms with Crippen molar-refractivity contribution in [1.82, 2.24) is 0 Å². The highest BCUT2D eigenvalue weighted by Gasteiger charge is 2.24. The van der Waals surface area contributed by atoms with Gasteiger partial charge in [0.15, 0.2) is 12.4 Å². The molecule has 0 radical (unpaired) electrons. The molecule has 1 aliphatic heterocycles. The lowest BCUT2D eigenvalue weighted by molar-refractivity contribution is -0.384. The molecule has 0 N–H and O–H groups in total. The highest BCUT2D eigenvalue weighted by atomic mass is 35.5. The SMILES string of the molecule is COc1ccc(C(=O)COC(=O)c2cc([N+](=O)[O-])ccc2N2CCCC2)cc1Cl. The molecule has 1 aliphatic rings. The second-order valence-electron chi connectivity index (χ2n) is 6.50. The smallest absolute Gasteiger partial charge is 0.340 e. The molecule has 0 saturated carbocycles. The first-order valence-electron chi connectivity index (χ1n) is 8.98. The van der Waals surface area contributed by atoms with Crippen LogP contribution >= 0.6 is 11.6 Å². The number of halogens is 1. The summed E-state index contributed by atoms with van der Waals surface area (Å²) in [6.45, 7) is 0.992. The van der Waals surface area contributed by atoms with Crippen LogP contribution in [0.25, 0.3) is 0 Å². The van der Waals surface area contributed by atoms with Crippen LogP contribution in [0.15, 0.2) is 36.4 Å². The van der Waals surface area contributed by atoms with Crippen molar-refractivity contribution in [3.63, 3.8) is 0 Å². The van der Waals surface area contributed by atoms with Crippen LogP contribution in [0.3, 0.4) is 0 Å². The fraction of sp³-hybridized carbons (Fsp3) is 0.300. The molecule has 29 heavy (non-hydrogen) atoms. The number of hydrogen-bond acceptors (Lipinski definition) is 7. The lowest BCUT2D eigenvalue weighted by atomic mass is 10.1. The average molecular weight is 419 g/mol. The van der Waals surface area contributed by atoms with Crippen molar-refractivity contribution >= 4 is 34.7 Å². The Morgan fingerprint density at radius 3 is 2.52 bits per heavy atom. The predicted molar refractivity (Wildman–Crippen MR) is 107 cm³/mol. The lowest BCUT2D eigenvalue weighted by Crippen LogP contribution is -2.22. The molecule has 1 heterocycles. The van der Waals surface area contributed by atoms with Crippen molar-refractivity contribution in [3.05, 3.63) is 62.7 Å². The second-order valence-corrected chi connectivity index (χ2v) is 6.91. The zero-order valence-corrected chi connectivity index (χ0v) is 16.5. The van der Waals surface area contributed by atoms with Crippen molar-refractivity contribution in [2.75, 3.05) is 31.7 Å². The minimum absolute atomic E-state index is 0.0710. The molecule has 1 fully saturated rings. The number of anilines is 1. The molecular weight excluding hydrogens is 400 g/mol. The summed E-state index contributed by atoms with van der Waals surface area (Å²) in [4.78, 5) is 37.5. The third kappa shape index (κ3) is 4.65. The number of nitrogens with zero attached hydrogens (tertiary/aromatic N) is 2. The molecular formula is C20H19ClN2O6. The number of benzene rings is 2. The van der Waals surface area contributed by atoms with E-state index < -0.39 is 23.3 Å². The first-order chi connectivity index (χ1) is 13.9. The van der Waals surface area contributed by atoms with Crippen LogP contribution in [-0.2, 0) is 4.74 Å². The molecule has 0 amide bonds. The molecule has 0 spiro atoms. The Morgan fingerprint density at radius 1 is 1.17 bits per heavy atom. The van der Waals surface area contributed by atoms with Crippen LogP contribution in [-0.4, -0.2) is 43.5 Å². The van der Waals surface area contributed by atoms with E-state index in [9.17, 15) is 19.7 Å². The number of carbonyl (C=O) groups is 2. The van der Waals surface area contributed by atoms with Gasteiger partial charge in [0.2, 0.25) is 0 Å². The van der Waals surface area contributed by atoms with Gasteiger partial charge in [-0.1, -0.05) is 11.6 Å². The molecule has 3 rings (SSSR count). The highest BCUT2D eigenvalue weighted by Crippen LogP contribution is 2.29. The number of rotatable bonds is 7. The summed E-state index contributed by atoms with van der Waals surface area (Å²) < 4.78 is 10.2. The Kier molecular flexibility index (Phi) is 6.33. The van der Waals surface area contributed by atoms with Gasteiger partial charge in [-0.2, -0.15) is 0 Å². The molecule has 9 heteroatoms. The first-order valence-corrected chi connectivity index (χ1v) is 9.35. The maximum Gasteiger partial charge on any atom is 0.340 e. The van der Waals surface area contributed by atoms with Gasteiger partial charge in [0.05, 0.1) is 28.3 Å². The molecule has 2 aromatic carbocycles. The number of methoxy groups -OCH3 is 1. The number of nitro groups is 1. The molecule has 152 valence electrons. The van der Waals surface area contributed by atoms with Gasteiger partial charge in [-0.15, -0.1) is 0 Å². The van der Waals surface area contributed by atoms with Gasteiger partial charge in [0.25, 0.3) is 5.69 Å². The van der Waals surface area contributed by atoms with Gasteiger partial charge >= 0.3 is 5.97 Å². The first kappa shape index (κ1) is 20.6. The molecule has 0 bridgehead atoms. The topological polar surface area (TPSA) is 99.0 Å². The Morgan fingerprint density at radius 2 is 1.90 bits per heavy atom. The molecule has 2 aromatic rings. The summed E-state index contributed by atoms with van der Waals surface area (Å²) in [6, 6.07) is 8.58. The number of carbonyl (C=O) groups excluding carboxylic acids is 2. The van der Waals surface area contributed by atoms with Gasteiger partial charge in [0, 0.05) is 30.8 Å². The monoisotopic (exact) mass is 418 g/mol. The Labute approximate surface area is 172 Å². The highest BCUT2D eigenvalue weighted by molar-refractivity contribution is 6.32. The Balaban J connectivity index is 1.77. The third-order valence-electron chi connectivity index (χ3n) is 4.67. The summed E-state index contributed by atoms with van der Waals surface area (Å²) in [5.41, 5.74) is 0.690. The third-order valence-corrected chi connectivity index (χ3v) is 4.96. The maximum absolute atomic E-state index is 12.6. The number of Topliss-reactive ketones (excluding diaryl/α,β-unsaturated/α-hetero) is 1. The predicted octanol–water partition coefficient (Wildman–Crippen LogP) is 3.90. The normalized spacial score (nSPS) is 13.2. The fourth-order valence-corrected chi connectivity index (χ4v) is 3.42. The van der Waals surface area contributed by atoms with Crippen LogP contribution in [0, 0.1) is 10.1 Å². The summed E-state index contributed by atoms with van der Waals surface area (Å²) in [6.07, 6.45) is 1.95. The Bertz CT molecular complexity index is 956. The van der Waals surface area contributed by atoms with Crippen molar-refractivity contribution < 1.29 is 24.0 Å². The van der Waals surface area contributed by atoms with E-state index in [0.29, 0.717) is 11.4 Å². The van der Waals surface area contributed by atoms with E-state index in [2.05, 4.69) is 0 Å². The molecule has 0 unspecified atom stereocenters. The number of nitro benzene ring substituents is 1. The van der Waals surface area contributed by atoms with E-state index in [1.54, 1.807) is 12.1 Å². The summed E-state index contributed by atoms with van der Waals surface area (Å²) in [5, 5.41) is 11.4. The van der Waals surface area contributed by atoms with Crippen LogP contribution in [0.1, 0.15) is 33.6 Å². The van der Waals surface area contributed by atoms with E-state index >= 15 is 0 Å². The van der Waals surface area contributed by atoms with E-state index in [1.807, 2.05) is 4.90 Å². The molecule has 1 saturated heterocycles. The van der Waals surface area contributed by atoms with Crippen LogP contribution < -0.4 is 9.64 Å². The summed E-state index contributed by atoms with van der Waals surface area (Å²) in [5.74, 6) is -0.813.